The van der Waals surface area contributed by atoms with E-state index in [2.05, 4.69) is 29.4 Å². The Balaban J connectivity index is 2.15. The molecule has 1 aromatic carbocycles. The van der Waals surface area contributed by atoms with Gasteiger partial charge in [0.15, 0.2) is 5.13 Å². The van der Waals surface area contributed by atoms with Crippen LogP contribution in [0, 0.1) is 13.8 Å². The standard InChI is InChI=1S/C13H15ClN2S/c1-9-10(2)17-13(15-9)16-12(8-14)11-6-4-3-5-7-11/h3-7,12H,8H2,1-2H3,(H,15,16). The third-order valence-electron chi connectivity index (χ3n) is 2.68. The zero-order valence-corrected chi connectivity index (χ0v) is 11.5. The molecule has 1 unspecified atom stereocenters. The number of hydrogen-bond donors (Lipinski definition) is 1. The Labute approximate surface area is 111 Å². The first kappa shape index (κ1) is 12.4. The van der Waals surface area contributed by atoms with Crippen molar-refractivity contribution in [2.24, 2.45) is 0 Å². The lowest BCUT2D eigenvalue weighted by Crippen LogP contribution is -2.11. The van der Waals surface area contributed by atoms with E-state index in [0.29, 0.717) is 5.88 Å². The summed E-state index contributed by atoms with van der Waals surface area (Å²) < 4.78 is 0. The number of alkyl halides is 1. The van der Waals surface area contributed by atoms with Crippen molar-refractivity contribution in [2.75, 3.05) is 11.2 Å². The average Bonchev–Trinajstić information content (AvgIpc) is 2.67. The number of nitrogens with zero attached hydrogens (tertiary/aromatic N) is 1. The average molecular weight is 267 g/mol. The fourth-order valence-electron chi connectivity index (χ4n) is 1.58. The van der Waals surface area contributed by atoms with Crippen LogP contribution in [-0.2, 0) is 0 Å². The Bertz CT molecular complexity index is 462. The van der Waals surface area contributed by atoms with Crippen molar-refractivity contribution in [2.45, 2.75) is 19.9 Å². The summed E-state index contributed by atoms with van der Waals surface area (Å²) in [6.45, 7) is 4.10. The number of thiazole rings is 1. The van der Waals surface area contributed by atoms with E-state index in [0.717, 1.165) is 10.8 Å². The molecule has 0 aliphatic rings. The number of hydrogen-bond acceptors (Lipinski definition) is 3. The van der Waals surface area contributed by atoms with Gasteiger partial charge in [-0.2, -0.15) is 0 Å². The predicted octanol–water partition coefficient (Wildman–Crippen LogP) is 4.15. The minimum atomic E-state index is 0.114. The van der Waals surface area contributed by atoms with Gasteiger partial charge in [0.1, 0.15) is 0 Å². The molecule has 0 radical (unpaired) electrons. The van der Waals surface area contributed by atoms with Crippen molar-refractivity contribution >= 4 is 28.1 Å². The van der Waals surface area contributed by atoms with Crippen LogP contribution >= 0.6 is 22.9 Å². The third kappa shape index (κ3) is 2.99. The number of benzene rings is 1. The Kier molecular flexibility index (Phi) is 4.02. The smallest absolute Gasteiger partial charge is 0.183 e. The summed E-state index contributed by atoms with van der Waals surface area (Å²) in [5, 5.41) is 4.32. The highest BCUT2D eigenvalue weighted by molar-refractivity contribution is 7.15. The van der Waals surface area contributed by atoms with Crippen LogP contribution in [0.25, 0.3) is 0 Å². The topological polar surface area (TPSA) is 24.9 Å². The van der Waals surface area contributed by atoms with Crippen LogP contribution in [0.5, 0.6) is 0 Å². The molecule has 17 heavy (non-hydrogen) atoms. The summed E-state index contributed by atoms with van der Waals surface area (Å²) in [4.78, 5) is 5.72. The minimum Gasteiger partial charge on any atom is -0.353 e. The molecule has 1 atom stereocenters. The molecule has 0 amide bonds. The lowest BCUT2D eigenvalue weighted by molar-refractivity contribution is 0.888. The number of aromatic nitrogens is 1. The maximum absolute atomic E-state index is 6.01. The molecule has 2 aromatic rings. The first-order valence-corrected chi connectivity index (χ1v) is 6.87. The number of halogens is 1. The van der Waals surface area contributed by atoms with E-state index >= 15 is 0 Å². The van der Waals surface area contributed by atoms with Crippen LogP contribution in [0.3, 0.4) is 0 Å². The van der Waals surface area contributed by atoms with Crippen LogP contribution in [-0.4, -0.2) is 10.9 Å². The summed E-state index contributed by atoms with van der Waals surface area (Å²) in [7, 11) is 0. The van der Waals surface area contributed by atoms with Crippen LogP contribution in [0.4, 0.5) is 5.13 Å². The fraction of sp³-hybridized carbons (Fsp3) is 0.308. The van der Waals surface area contributed by atoms with Crippen LogP contribution < -0.4 is 5.32 Å². The lowest BCUT2D eigenvalue weighted by atomic mass is 10.1. The van der Waals surface area contributed by atoms with E-state index in [1.54, 1.807) is 11.3 Å². The van der Waals surface area contributed by atoms with Crippen molar-refractivity contribution in [1.29, 1.82) is 0 Å². The molecule has 2 rings (SSSR count). The highest BCUT2D eigenvalue weighted by Crippen LogP contribution is 2.26. The van der Waals surface area contributed by atoms with E-state index < -0.39 is 0 Å². The van der Waals surface area contributed by atoms with E-state index in [4.69, 9.17) is 11.6 Å². The predicted molar refractivity (Wildman–Crippen MR) is 75.1 cm³/mol. The van der Waals surface area contributed by atoms with Crippen molar-refractivity contribution in [3.63, 3.8) is 0 Å². The van der Waals surface area contributed by atoms with E-state index in [-0.39, 0.29) is 6.04 Å². The molecule has 0 saturated heterocycles. The van der Waals surface area contributed by atoms with Crippen LogP contribution in [0.1, 0.15) is 22.2 Å². The zero-order valence-electron chi connectivity index (χ0n) is 9.90. The van der Waals surface area contributed by atoms with Gasteiger partial charge in [-0.3, -0.25) is 0 Å². The molecule has 1 N–H and O–H groups in total. The molecule has 90 valence electrons. The quantitative estimate of drug-likeness (QED) is 0.841. The van der Waals surface area contributed by atoms with Crippen molar-refractivity contribution in [3.8, 4) is 0 Å². The molecular formula is C13H15ClN2S. The van der Waals surface area contributed by atoms with Gasteiger partial charge in [-0.1, -0.05) is 30.3 Å². The molecule has 0 fully saturated rings. The van der Waals surface area contributed by atoms with Gasteiger partial charge < -0.3 is 5.32 Å². The van der Waals surface area contributed by atoms with Crippen LogP contribution in [0.15, 0.2) is 30.3 Å². The number of nitrogens with one attached hydrogen (secondary N) is 1. The summed E-state index contributed by atoms with van der Waals surface area (Å²) in [6, 6.07) is 10.3. The zero-order chi connectivity index (χ0) is 12.3. The molecule has 1 aromatic heterocycles. The van der Waals surface area contributed by atoms with Crippen LogP contribution in [0.2, 0.25) is 0 Å². The Morgan fingerprint density at radius 1 is 1.29 bits per heavy atom. The van der Waals surface area contributed by atoms with Gasteiger partial charge in [-0.15, -0.1) is 22.9 Å². The molecule has 0 spiro atoms. The second-order valence-corrected chi connectivity index (χ2v) is 5.43. The van der Waals surface area contributed by atoms with Gasteiger partial charge in [0.25, 0.3) is 0 Å². The van der Waals surface area contributed by atoms with Gasteiger partial charge in [-0.05, 0) is 19.4 Å². The second-order valence-electron chi connectivity index (χ2n) is 3.92. The maximum atomic E-state index is 6.01. The molecular weight excluding hydrogens is 252 g/mol. The largest absolute Gasteiger partial charge is 0.353 e. The Morgan fingerprint density at radius 3 is 2.53 bits per heavy atom. The van der Waals surface area contributed by atoms with E-state index in [1.807, 2.05) is 25.1 Å². The Hall–Kier alpha value is -1.06. The SMILES string of the molecule is Cc1nc(NC(CCl)c2ccccc2)sc1C. The summed E-state index contributed by atoms with van der Waals surface area (Å²) in [5.74, 6) is 0.529. The minimum absolute atomic E-state index is 0.114. The molecule has 0 aliphatic carbocycles. The summed E-state index contributed by atoms with van der Waals surface area (Å²) in [5.41, 5.74) is 2.27. The molecule has 4 heteroatoms. The first-order chi connectivity index (χ1) is 8.20. The van der Waals surface area contributed by atoms with Crippen molar-refractivity contribution in [3.05, 3.63) is 46.5 Å². The van der Waals surface area contributed by atoms with Crippen molar-refractivity contribution in [1.82, 2.24) is 4.98 Å². The first-order valence-electron chi connectivity index (χ1n) is 5.52. The fourth-order valence-corrected chi connectivity index (χ4v) is 2.70. The van der Waals surface area contributed by atoms with E-state index in [9.17, 15) is 0 Å². The number of rotatable bonds is 4. The monoisotopic (exact) mass is 266 g/mol. The molecule has 1 heterocycles. The maximum Gasteiger partial charge on any atom is 0.183 e. The van der Waals surface area contributed by atoms with Crippen molar-refractivity contribution < 1.29 is 0 Å². The lowest BCUT2D eigenvalue weighted by Gasteiger charge is -2.15. The Morgan fingerprint density at radius 2 is 2.00 bits per heavy atom. The number of aryl methyl sites for hydroxylation is 2. The molecule has 0 bridgehead atoms. The van der Waals surface area contributed by atoms with Gasteiger partial charge in [0.05, 0.1) is 11.7 Å². The summed E-state index contributed by atoms with van der Waals surface area (Å²) >= 11 is 7.68. The number of anilines is 1. The summed E-state index contributed by atoms with van der Waals surface area (Å²) in [6.07, 6.45) is 0. The third-order valence-corrected chi connectivity index (χ3v) is 4.00. The molecule has 2 nitrogen and oxygen atoms in total. The second kappa shape index (κ2) is 5.52. The van der Waals surface area contributed by atoms with Gasteiger partial charge in [-0.25, -0.2) is 4.98 Å². The normalized spacial score (nSPS) is 12.4. The van der Waals surface area contributed by atoms with E-state index in [1.165, 1.54) is 10.4 Å². The highest BCUT2D eigenvalue weighted by Gasteiger charge is 2.12. The van der Waals surface area contributed by atoms with Gasteiger partial charge in [0.2, 0.25) is 0 Å². The van der Waals surface area contributed by atoms with Gasteiger partial charge >= 0.3 is 0 Å². The molecule has 0 saturated carbocycles. The van der Waals surface area contributed by atoms with Gasteiger partial charge in [0, 0.05) is 10.8 Å². The highest BCUT2D eigenvalue weighted by atomic mass is 35.5. The molecule has 0 aliphatic heterocycles.